The summed E-state index contributed by atoms with van der Waals surface area (Å²) >= 11 is 1.64. The Morgan fingerprint density at radius 1 is 1.59 bits per heavy atom. The van der Waals surface area contributed by atoms with Crippen LogP contribution in [0.25, 0.3) is 0 Å². The second kappa shape index (κ2) is 7.58. The minimum absolute atomic E-state index is 0.0606. The number of hydrogen-bond acceptors (Lipinski definition) is 4. The first-order valence-corrected chi connectivity index (χ1v) is 8.54. The lowest BCUT2D eigenvalue weighted by molar-refractivity contribution is -0.133. The summed E-state index contributed by atoms with van der Waals surface area (Å²) in [7, 11) is 1.76. The van der Waals surface area contributed by atoms with Gasteiger partial charge < -0.3 is 15.5 Å². The molecule has 0 aliphatic carbocycles. The van der Waals surface area contributed by atoms with Crippen LogP contribution in [0.5, 0.6) is 0 Å². The molecular weight excluding hydrogens is 298 g/mol. The van der Waals surface area contributed by atoms with Gasteiger partial charge in [0.15, 0.2) is 5.96 Å². The van der Waals surface area contributed by atoms with E-state index >= 15 is 0 Å². The van der Waals surface area contributed by atoms with Crippen molar-refractivity contribution in [2.75, 3.05) is 20.1 Å². The summed E-state index contributed by atoms with van der Waals surface area (Å²) in [4.78, 5) is 23.7. The Balaban J connectivity index is 1.82. The van der Waals surface area contributed by atoms with Crippen molar-refractivity contribution in [2.24, 2.45) is 10.9 Å². The van der Waals surface area contributed by atoms with Crippen molar-refractivity contribution in [3.63, 3.8) is 0 Å². The molecule has 1 atom stereocenters. The molecule has 2 heterocycles. The summed E-state index contributed by atoms with van der Waals surface area (Å²) in [6.07, 6.45) is 0.957. The minimum Gasteiger partial charge on any atom is -0.352 e. The number of nitrogens with one attached hydrogen (secondary N) is 2. The zero-order valence-electron chi connectivity index (χ0n) is 13.7. The fourth-order valence-electron chi connectivity index (χ4n) is 2.49. The maximum Gasteiger partial charge on any atom is 0.225 e. The Labute approximate surface area is 136 Å². The Kier molecular flexibility index (Phi) is 5.76. The van der Waals surface area contributed by atoms with Crippen LogP contribution >= 0.6 is 11.3 Å². The second-order valence-electron chi connectivity index (χ2n) is 5.86. The molecule has 1 saturated heterocycles. The Bertz CT molecular complexity index is 540. The van der Waals surface area contributed by atoms with Crippen molar-refractivity contribution in [1.29, 1.82) is 0 Å². The normalized spacial score (nSPS) is 18.9. The third kappa shape index (κ3) is 4.19. The maximum atomic E-state index is 12.0. The molecule has 6 nitrogen and oxygen atoms in total. The largest absolute Gasteiger partial charge is 0.352 e. The van der Waals surface area contributed by atoms with Gasteiger partial charge in [0.2, 0.25) is 5.91 Å². The lowest BCUT2D eigenvalue weighted by atomic mass is 10.2. The minimum atomic E-state index is 0.0606. The molecule has 2 N–H and O–H groups in total. The van der Waals surface area contributed by atoms with Gasteiger partial charge in [-0.15, -0.1) is 11.3 Å². The molecule has 7 heteroatoms. The van der Waals surface area contributed by atoms with E-state index in [9.17, 15) is 4.79 Å². The van der Waals surface area contributed by atoms with E-state index in [1.54, 1.807) is 18.4 Å². The number of nitrogens with zero attached hydrogens (tertiary/aromatic N) is 3. The van der Waals surface area contributed by atoms with Crippen LogP contribution < -0.4 is 10.6 Å². The molecule has 22 heavy (non-hydrogen) atoms. The quantitative estimate of drug-likeness (QED) is 0.649. The Morgan fingerprint density at radius 3 is 2.95 bits per heavy atom. The summed E-state index contributed by atoms with van der Waals surface area (Å²) in [6, 6.07) is 0.261. The molecule has 0 aromatic carbocycles. The number of carbonyl (C=O) groups excluding carboxylic acids is 1. The number of likely N-dealkylation sites (tertiary alicyclic amines) is 1. The van der Waals surface area contributed by atoms with E-state index in [2.05, 4.69) is 20.6 Å². The van der Waals surface area contributed by atoms with Crippen molar-refractivity contribution < 1.29 is 4.79 Å². The van der Waals surface area contributed by atoms with E-state index in [4.69, 9.17) is 0 Å². The van der Waals surface area contributed by atoms with Gasteiger partial charge in [-0.25, -0.2) is 4.98 Å². The van der Waals surface area contributed by atoms with E-state index < -0.39 is 0 Å². The molecule has 122 valence electrons. The van der Waals surface area contributed by atoms with Crippen LogP contribution in [-0.4, -0.2) is 47.9 Å². The predicted molar refractivity (Wildman–Crippen MR) is 90.0 cm³/mol. The molecule has 1 unspecified atom stereocenters. The van der Waals surface area contributed by atoms with Crippen molar-refractivity contribution in [3.8, 4) is 0 Å². The summed E-state index contributed by atoms with van der Waals surface area (Å²) in [5.41, 5.74) is 2.91. The summed E-state index contributed by atoms with van der Waals surface area (Å²) in [5, 5.41) is 6.71. The Hall–Kier alpha value is -1.63. The number of hydrogen-bond donors (Lipinski definition) is 2. The average Bonchev–Trinajstić information content (AvgIpc) is 3.11. The summed E-state index contributed by atoms with van der Waals surface area (Å²) < 4.78 is 0. The predicted octanol–water partition coefficient (Wildman–Crippen LogP) is 1.37. The van der Waals surface area contributed by atoms with Gasteiger partial charge in [-0.1, -0.05) is 13.8 Å². The molecule has 0 saturated carbocycles. The molecule has 1 fully saturated rings. The van der Waals surface area contributed by atoms with Crippen LogP contribution in [0.2, 0.25) is 0 Å². The highest BCUT2D eigenvalue weighted by molar-refractivity contribution is 7.09. The molecule has 1 aliphatic heterocycles. The van der Waals surface area contributed by atoms with Crippen LogP contribution in [0.4, 0.5) is 0 Å². The zero-order valence-corrected chi connectivity index (χ0v) is 14.5. The van der Waals surface area contributed by atoms with E-state index in [1.807, 2.05) is 31.2 Å². The average molecular weight is 323 g/mol. The first kappa shape index (κ1) is 16.7. The van der Waals surface area contributed by atoms with Crippen LogP contribution in [0.3, 0.4) is 0 Å². The molecular formula is C15H25N5OS. The van der Waals surface area contributed by atoms with E-state index in [1.165, 1.54) is 4.88 Å². The molecule has 0 radical (unpaired) electrons. The molecule has 0 bridgehead atoms. The van der Waals surface area contributed by atoms with Crippen molar-refractivity contribution in [2.45, 2.75) is 39.8 Å². The van der Waals surface area contributed by atoms with Gasteiger partial charge in [0.25, 0.3) is 0 Å². The molecule has 2 rings (SSSR count). The van der Waals surface area contributed by atoms with Crippen LogP contribution in [0, 0.1) is 12.8 Å². The summed E-state index contributed by atoms with van der Waals surface area (Å²) in [5.74, 6) is 1.06. The highest BCUT2D eigenvalue weighted by Crippen LogP contribution is 2.13. The first-order valence-electron chi connectivity index (χ1n) is 7.66. The second-order valence-corrected chi connectivity index (χ2v) is 6.79. The monoisotopic (exact) mass is 323 g/mol. The number of thiazole rings is 1. The van der Waals surface area contributed by atoms with Gasteiger partial charge in [-0.2, -0.15) is 0 Å². The van der Waals surface area contributed by atoms with E-state index in [0.717, 1.165) is 37.7 Å². The standard InChI is InChI=1S/C15H25N5OS/c1-10(2)14(21)20-6-5-12(8-20)19-15(16-4)17-7-13-11(3)18-9-22-13/h9-10,12H,5-8H2,1-4H3,(H2,16,17,19). The molecule has 1 aromatic heterocycles. The molecule has 1 aromatic rings. The van der Waals surface area contributed by atoms with Gasteiger partial charge >= 0.3 is 0 Å². The SMILES string of the molecule is CN=C(NCc1scnc1C)NC1CCN(C(=O)C(C)C)C1. The first-order chi connectivity index (χ1) is 10.5. The smallest absolute Gasteiger partial charge is 0.225 e. The number of aromatic nitrogens is 1. The van der Waals surface area contributed by atoms with E-state index in [0.29, 0.717) is 0 Å². The number of amides is 1. The molecule has 0 spiro atoms. The fraction of sp³-hybridized carbons (Fsp3) is 0.667. The third-order valence-electron chi connectivity index (χ3n) is 3.82. The molecule has 1 aliphatic rings. The van der Waals surface area contributed by atoms with Crippen LogP contribution in [-0.2, 0) is 11.3 Å². The number of guanidine groups is 1. The molecule has 1 amide bonds. The highest BCUT2D eigenvalue weighted by Gasteiger charge is 2.27. The van der Waals surface area contributed by atoms with Crippen molar-refractivity contribution in [1.82, 2.24) is 20.5 Å². The van der Waals surface area contributed by atoms with Gasteiger partial charge in [0.1, 0.15) is 0 Å². The topological polar surface area (TPSA) is 69.6 Å². The number of aryl methyl sites for hydroxylation is 1. The van der Waals surface area contributed by atoms with Crippen LogP contribution in [0.1, 0.15) is 30.8 Å². The third-order valence-corrected chi connectivity index (χ3v) is 4.75. The van der Waals surface area contributed by atoms with Crippen LogP contribution in [0.15, 0.2) is 10.5 Å². The van der Waals surface area contributed by atoms with Gasteiger partial charge in [0, 0.05) is 37.0 Å². The van der Waals surface area contributed by atoms with E-state index in [-0.39, 0.29) is 17.9 Å². The highest BCUT2D eigenvalue weighted by atomic mass is 32.1. The number of aliphatic imine (C=N–C) groups is 1. The summed E-state index contributed by atoms with van der Waals surface area (Å²) in [6.45, 7) is 8.19. The van der Waals surface area contributed by atoms with Crippen molar-refractivity contribution >= 4 is 23.2 Å². The fourth-order valence-corrected chi connectivity index (χ4v) is 3.21. The number of rotatable bonds is 4. The zero-order chi connectivity index (χ0) is 16.1. The maximum absolute atomic E-state index is 12.0. The van der Waals surface area contributed by atoms with Gasteiger partial charge in [-0.05, 0) is 13.3 Å². The Morgan fingerprint density at radius 2 is 2.36 bits per heavy atom. The van der Waals surface area contributed by atoms with Gasteiger partial charge in [0.05, 0.1) is 17.7 Å². The van der Waals surface area contributed by atoms with Gasteiger partial charge in [-0.3, -0.25) is 9.79 Å². The lowest BCUT2D eigenvalue weighted by Crippen LogP contribution is -2.45. The number of carbonyl (C=O) groups is 1. The lowest BCUT2D eigenvalue weighted by Gasteiger charge is -2.20. The van der Waals surface area contributed by atoms with Crippen molar-refractivity contribution in [3.05, 3.63) is 16.1 Å².